The molecule has 0 radical (unpaired) electrons. The topological polar surface area (TPSA) is 142 Å². The zero-order valence-electron chi connectivity index (χ0n) is 34.2. The van der Waals surface area contributed by atoms with Gasteiger partial charge in [0.25, 0.3) is 0 Å². The Kier molecular flexibility index (Phi) is 19.8. The van der Waals surface area contributed by atoms with Gasteiger partial charge in [-0.2, -0.15) is 0 Å². The second-order valence-electron chi connectivity index (χ2n) is 16.8. The first-order chi connectivity index (χ1) is 23.0. The zero-order chi connectivity index (χ0) is 39.0. The van der Waals surface area contributed by atoms with Gasteiger partial charge in [-0.25, -0.2) is 0 Å². The molecule has 11 heteroatoms. The van der Waals surface area contributed by atoms with Crippen LogP contribution in [-0.2, 0) is 42.9 Å². The summed E-state index contributed by atoms with van der Waals surface area (Å²) in [6.45, 7) is 24.2. The Labute approximate surface area is 303 Å². The van der Waals surface area contributed by atoms with Crippen LogP contribution in [0.5, 0.6) is 0 Å². The fourth-order valence-corrected chi connectivity index (χ4v) is 7.15. The number of quaternary nitrogens is 1. The molecular weight excluding hydrogens is 642 g/mol. The number of esters is 3. The number of carboxylic acids is 1. The molecule has 0 fully saturated rings. The first kappa shape index (κ1) is 47.8. The van der Waals surface area contributed by atoms with Gasteiger partial charge in [-0.15, -0.1) is 0 Å². The lowest BCUT2D eigenvalue weighted by molar-refractivity contribution is -0.858. The van der Waals surface area contributed by atoms with Crippen LogP contribution in [0.4, 0.5) is 0 Å². The van der Waals surface area contributed by atoms with E-state index in [0.29, 0.717) is 39.2 Å². The molecule has 0 aromatic carbocycles. The molecule has 11 nitrogen and oxygen atoms in total. The third-order valence-corrected chi connectivity index (χ3v) is 10.9. The van der Waals surface area contributed by atoms with Crippen LogP contribution < -0.4 is 10.0 Å². The third-order valence-electron chi connectivity index (χ3n) is 10.9. The van der Waals surface area contributed by atoms with Crippen molar-refractivity contribution in [2.45, 2.75) is 134 Å². The number of carboxylic acid groups (broad SMARTS) is 1. The number of hydrogen-bond donors (Lipinski definition) is 1. The lowest BCUT2D eigenvalue weighted by Crippen LogP contribution is -3.06. The van der Waals surface area contributed by atoms with Gasteiger partial charge in [0.15, 0.2) is 6.79 Å². The average Bonchev–Trinajstić information content (AvgIpc) is 3.01. The Morgan fingerprint density at radius 3 is 1.72 bits per heavy atom. The van der Waals surface area contributed by atoms with E-state index < -0.39 is 50.4 Å². The summed E-state index contributed by atoms with van der Waals surface area (Å²) >= 11 is 0. The van der Waals surface area contributed by atoms with Gasteiger partial charge >= 0.3 is 17.9 Å². The van der Waals surface area contributed by atoms with Crippen molar-refractivity contribution in [1.82, 2.24) is 0 Å². The Morgan fingerprint density at radius 1 is 0.640 bits per heavy atom. The summed E-state index contributed by atoms with van der Waals surface area (Å²) in [5.74, 6) is -2.64. The molecule has 0 saturated heterocycles. The Balaban J connectivity index is 6.95. The molecule has 0 aromatic heterocycles. The minimum atomic E-state index is -1.46. The van der Waals surface area contributed by atoms with Gasteiger partial charge in [-0.3, -0.25) is 14.4 Å². The fourth-order valence-electron chi connectivity index (χ4n) is 7.15. The molecule has 0 amide bonds. The van der Waals surface area contributed by atoms with Gasteiger partial charge in [-0.05, 0) is 84.0 Å². The number of likely N-dealkylation sites (N-methyl/N-ethyl adjacent to an activating group) is 1. The number of rotatable bonds is 27. The maximum Gasteiger partial charge on any atom is 0.313 e. The minimum absolute atomic E-state index is 0.0318. The third kappa shape index (κ3) is 13.1. The summed E-state index contributed by atoms with van der Waals surface area (Å²) in [5.41, 5.74) is -6.93. The standard InChI is InChI=1S/C39H73NO10/c1-15-19-22-48-31(43)34(5,6)26-36(9,10)39(20-16-2,30(41)42)27-35(7,8)38(12,33(45)49-23-21-40(13)14)28-37(11,17-3)32(44)50-29-47-25-24-46-18-4/h15-29H2,1-14H3,(H,41,42). The van der Waals surface area contributed by atoms with E-state index in [4.69, 9.17) is 23.7 Å². The van der Waals surface area contributed by atoms with Crippen molar-refractivity contribution in [3.63, 3.8) is 0 Å². The molecule has 0 saturated carbocycles. The quantitative estimate of drug-likeness (QED) is 0.0547. The van der Waals surface area contributed by atoms with Crippen LogP contribution in [0.2, 0.25) is 0 Å². The van der Waals surface area contributed by atoms with E-state index in [-0.39, 0.29) is 51.7 Å². The highest BCUT2D eigenvalue weighted by atomic mass is 16.7. The van der Waals surface area contributed by atoms with Gasteiger partial charge < -0.3 is 38.5 Å². The molecule has 0 aliphatic carbocycles. The normalized spacial score (nSPS) is 16.2. The summed E-state index contributed by atoms with van der Waals surface area (Å²) in [4.78, 5) is 55.9. The maximum atomic E-state index is 14.3. The first-order valence-corrected chi connectivity index (χ1v) is 18.7. The van der Waals surface area contributed by atoms with Gasteiger partial charge in [-0.1, -0.05) is 61.3 Å². The van der Waals surface area contributed by atoms with Crippen molar-refractivity contribution in [3.05, 3.63) is 0 Å². The molecule has 0 bridgehead atoms. The van der Waals surface area contributed by atoms with Crippen LogP contribution in [0.3, 0.4) is 0 Å². The van der Waals surface area contributed by atoms with Crippen LogP contribution >= 0.6 is 0 Å². The summed E-state index contributed by atoms with van der Waals surface area (Å²) in [6.07, 6.45) is 3.05. The highest BCUT2D eigenvalue weighted by molar-refractivity contribution is 5.82. The largest absolute Gasteiger partial charge is 0.550 e. The number of aliphatic carboxylic acids is 1. The molecule has 0 aromatic rings. The van der Waals surface area contributed by atoms with Gasteiger partial charge in [0.05, 0.1) is 50.2 Å². The van der Waals surface area contributed by atoms with E-state index in [1.165, 1.54) is 0 Å². The van der Waals surface area contributed by atoms with E-state index >= 15 is 0 Å². The van der Waals surface area contributed by atoms with E-state index in [1.807, 2.05) is 69.5 Å². The van der Waals surface area contributed by atoms with Crippen molar-refractivity contribution >= 4 is 23.9 Å². The van der Waals surface area contributed by atoms with Crippen LogP contribution in [0, 0.1) is 32.5 Å². The van der Waals surface area contributed by atoms with Crippen molar-refractivity contribution in [1.29, 1.82) is 0 Å². The van der Waals surface area contributed by atoms with Crippen LogP contribution in [0.1, 0.15) is 134 Å². The maximum absolute atomic E-state index is 14.3. The molecular formula is C39H73NO10. The van der Waals surface area contributed by atoms with Crippen LogP contribution in [0.15, 0.2) is 0 Å². The van der Waals surface area contributed by atoms with Gasteiger partial charge in [0.1, 0.15) is 13.2 Å². The number of unbranched alkanes of at least 4 members (excludes halogenated alkanes) is 1. The van der Waals surface area contributed by atoms with Crippen molar-refractivity contribution in [2.75, 3.05) is 60.5 Å². The molecule has 0 spiro atoms. The second-order valence-corrected chi connectivity index (χ2v) is 16.8. The zero-order valence-corrected chi connectivity index (χ0v) is 34.2. The molecule has 1 N–H and O–H groups in total. The van der Waals surface area contributed by atoms with Crippen molar-refractivity contribution in [2.24, 2.45) is 32.5 Å². The van der Waals surface area contributed by atoms with E-state index in [2.05, 4.69) is 0 Å². The number of hydrogen-bond acceptors (Lipinski definition) is 10. The van der Waals surface area contributed by atoms with Crippen molar-refractivity contribution in [3.8, 4) is 0 Å². The predicted molar refractivity (Wildman–Crippen MR) is 192 cm³/mol. The predicted octanol–water partition coefficient (Wildman–Crippen LogP) is 4.78. The summed E-state index contributed by atoms with van der Waals surface area (Å²) < 4.78 is 27.8. The van der Waals surface area contributed by atoms with E-state index in [1.54, 1.807) is 27.7 Å². The monoisotopic (exact) mass is 716 g/mol. The summed E-state index contributed by atoms with van der Waals surface area (Å²) in [6, 6.07) is 0. The molecule has 0 aliphatic rings. The molecule has 3 atom stereocenters. The number of ether oxygens (including phenoxy) is 5. The lowest BCUT2D eigenvalue weighted by Gasteiger charge is -2.56. The highest BCUT2D eigenvalue weighted by Gasteiger charge is 2.59. The van der Waals surface area contributed by atoms with Crippen LogP contribution in [0.25, 0.3) is 0 Å². The Morgan fingerprint density at radius 2 is 1.22 bits per heavy atom. The second kappa shape index (κ2) is 20.7. The van der Waals surface area contributed by atoms with E-state index in [9.17, 15) is 24.3 Å². The molecule has 0 rings (SSSR count). The number of carbonyl (C=O) groups is 4. The Hall–Kier alpha value is -2.24. The minimum Gasteiger partial charge on any atom is -0.550 e. The van der Waals surface area contributed by atoms with Crippen LogP contribution in [-0.4, -0.2) is 84.3 Å². The highest BCUT2D eigenvalue weighted by Crippen LogP contribution is 2.60. The molecule has 0 heterocycles. The van der Waals surface area contributed by atoms with Crippen molar-refractivity contribution < 1.29 is 52.9 Å². The number of carbonyl (C=O) groups excluding carboxylic acids is 4. The summed E-state index contributed by atoms with van der Waals surface area (Å²) in [7, 11) is 3.92. The molecule has 3 unspecified atom stereocenters. The SMILES string of the molecule is CCCCOC(=O)C(C)(C)CC(C)(C)C(CCC)(CC(C)(C)C(C)(CC(C)(CC)C(=O)OCOCCOCC)C(=O)OCC[NH+](C)C)C(=O)[O-]. The first-order valence-electron chi connectivity index (χ1n) is 18.7. The van der Waals surface area contributed by atoms with Gasteiger partial charge in [0, 0.05) is 18.0 Å². The molecule has 0 aliphatic heterocycles. The van der Waals surface area contributed by atoms with E-state index in [0.717, 1.165) is 17.7 Å². The lowest BCUT2D eigenvalue weighted by atomic mass is 9.48. The molecule has 294 valence electrons. The summed E-state index contributed by atoms with van der Waals surface area (Å²) in [5, 5.41) is 13.6. The Bertz CT molecular complexity index is 1070. The fraction of sp³-hybridized carbons (Fsp3) is 0.897. The number of nitrogens with one attached hydrogen (secondary N) is 1. The molecule has 50 heavy (non-hydrogen) atoms. The average molecular weight is 716 g/mol. The van der Waals surface area contributed by atoms with Gasteiger partial charge in [0.2, 0.25) is 0 Å². The smallest absolute Gasteiger partial charge is 0.313 e.